The quantitative estimate of drug-likeness (QED) is 0.358. The molecule has 0 aliphatic carbocycles. The molecule has 0 saturated heterocycles. The van der Waals surface area contributed by atoms with Crippen LogP contribution in [0.25, 0.3) is 0 Å². The van der Waals surface area contributed by atoms with Crippen molar-refractivity contribution in [3.63, 3.8) is 0 Å². The maximum absolute atomic E-state index is 11.9. The minimum atomic E-state index is -0.511. The molecule has 0 amide bonds. The van der Waals surface area contributed by atoms with Crippen LogP contribution in [0.5, 0.6) is 5.75 Å². The van der Waals surface area contributed by atoms with Gasteiger partial charge in [-0.25, -0.2) is 4.90 Å². The van der Waals surface area contributed by atoms with E-state index < -0.39 is 11.0 Å². The molecule has 1 atom stereocenters. The first-order valence-electron chi connectivity index (χ1n) is 9.38. The molecule has 1 aliphatic heterocycles. The van der Waals surface area contributed by atoms with Gasteiger partial charge in [-0.05, 0) is 31.5 Å². The number of ether oxygens (including phenoxy) is 1. The molecule has 0 radical (unpaired) electrons. The lowest BCUT2D eigenvalue weighted by Crippen LogP contribution is -2.33. The van der Waals surface area contributed by atoms with Crippen LogP contribution in [-0.2, 0) is 0 Å². The molecule has 0 fully saturated rings. The minimum Gasteiger partial charge on any atom is -0.493 e. The Labute approximate surface area is 182 Å². The largest absolute Gasteiger partial charge is 0.493 e. The number of nitro groups is 1. The van der Waals surface area contributed by atoms with Gasteiger partial charge in [0.15, 0.2) is 6.19 Å². The topological polar surface area (TPSA) is 104 Å². The molecule has 1 heterocycles. The predicted molar refractivity (Wildman–Crippen MR) is 120 cm³/mol. The van der Waals surface area contributed by atoms with Crippen LogP contribution in [0.15, 0.2) is 50.9 Å². The van der Waals surface area contributed by atoms with Gasteiger partial charge in [0.25, 0.3) is 5.69 Å². The summed E-state index contributed by atoms with van der Waals surface area (Å²) in [7, 11) is 1.59. The molecule has 2 aromatic rings. The van der Waals surface area contributed by atoms with E-state index >= 15 is 0 Å². The summed E-state index contributed by atoms with van der Waals surface area (Å²) in [6.45, 7) is 4.17. The molecule has 30 heavy (non-hydrogen) atoms. The summed E-state index contributed by atoms with van der Waals surface area (Å²) in [6, 6.07) is 9.58. The first-order chi connectivity index (χ1) is 14.4. The number of nitrogens with zero attached hydrogens (tertiary/aromatic N) is 5. The van der Waals surface area contributed by atoms with Crippen molar-refractivity contribution in [1.82, 2.24) is 0 Å². The monoisotopic (exact) mass is 469 g/mol. The number of fused-ring (bicyclic) bond motifs is 1. The van der Waals surface area contributed by atoms with E-state index in [1.54, 1.807) is 38.2 Å². The van der Waals surface area contributed by atoms with Crippen molar-refractivity contribution >= 4 is 38.9 Å². The van der Waals surface area contributed by atoms with Crippen LogP contribution in [0.2, 0.25) is 0 Å². The van der Waals surface area contributed by atoms with Crippen LogP contribution in [0, 0.1) is 21.6 Å². The summed E-state index contributed by atoms with van der Waals surface area (Å²) in [5.41, 5.74) is 1.65. The van der Waals surface area contributed by atoms with Crippen molar-refractivity contribution in [3.8, 4) is 11.9 Å². The third kappa shape index (κ3) is 3.78. The Kier molecular flexibility index (Phi) is 6.47. The molecule has 1 unspecified atom stereocenters. The normalized spacial score (nSPS) is 17.0. The molecule has 1 aliphatic rings. The van der Waals surface area contributed by atoms with E-state index in [0.717, 1.165) is 6.42 Å². The second-order valence-electron chi connectivity index (χ2n) is 6.56. The Hall–Kier alpha value is -3.25. The van der Waals surface area contributed by atoms with Gasteiger partial charge in [-0.1, -0.05) is 35.0 Å². The molecule has 0 saturated carbocycles. The first kappa shape index (κ1) is 21.5. The van der Waals surface area contributed by atoms with E-state index in [1.807, 2.05) is 13.0 Å². The Morgan fingerprint density at radius 3 is 2.70 bits per heavy atom. The van der Waals surface area contributed by atoms with Gasteiger partial charge >= 0.3 is 0 Å². The molecule has 0 spiro atoms. The molecule has 3 rings (SSSR count). The molecular weight excluding hydrogens is 450 g/mol. The highest BCUT2D eigenvalue weighted by Gasteiger charge is 2.34. The zero-order valence-corrected chi connectivity index (χ0v) is 18.4. The van der Waals surface area contributed by atoms with Crippen LogP contribution in [0.3, 0.4) is 0 Å². The maximum Gasteiger partial charge on any atom is 0.282 e. The molecular formula is C21H20BrN5O3. The van der Waals surface area contributed by atoms with E-state index in [-0.39, 0.29) is 11.3 Å². The van der Waals surface area contributed by atoms with Crippen molar-refractivity contribution in [2.75, 3.05) is 18.6 Å². The number of amidine groups is 1. The predicted octanol–water partition coefficient (Wildman–Crippen LogP) is 4.70. The second kappa shape index (κ2) is 9.05. The highest BCUT2D eigenvalue weighted by molar-refractivity contribution is 9.10. The van der Waals surface area contributed by atoms with Gasteiger partial charge < -0.3 is 4.74 Å². The maximum atomic E-state index is 11.9. The van der Waals surface area contributed by atoms with E-state index in [0.29, 0.717) is 39.6 Å². The Morgan fingerprint density at radius 2 is 2.07 bits per heavy atom. The van der Waals surface area contributed by atoms with Crippen LogP contribution >= 0.6 is 15.9 Å². The Morgan fingerprint density at radius 1 is 1.33 bits per heavy atom. The lowest BCUT2D eigenvalue weighted by molar-refractivity contribution is -0.385. The van der Waals surface area contributed by atoms with Gasteiger partial charge in [0.1, 0.15) is 23.2 Å². The minimum absolute atomic E-state index is 0.114. The number of hydrogen-bond donors (Lipinski definition) is 0. The summed E-state index contributed by atoms with van der Waals surface area (Å²) in [5.74, 6) is 0.820. The second-order valence-corrected chi connectivity index (χ2v) is 7.42. The highest BCUT2D eigenvalue weighted by atomic mass is 79.9. The van der Waals surface area contributed by atoms with Gasteiger partial charge in [-0.15, -0.1) is 0 Å². The fourth-order valence-corrected chi connectivity index (χ4v) is 3.93. The molecule has 8 nitrogen and oxygen atoms in total. The molecule has 0 N–H and O–H groups in total. The van der Waals surface area contributed by atoms with Crippen LogP contribution in [0.1, 0.15) is 31.4 Å². The number of aliphatic imine (C=N–C) groups is 2. The summed E-state index contributed by atoms with van der Waals surface area (Å²) >= 11 is 3.54. The van der Waals surface area contributed by atoms with Gasteiger partial charge in [0.05, 0.1) is 22.9 Å². The number of nitro benzene ring substituents is 1. The van der Waals surface area contributed by atoms with Crippen LogP contribution in [-0.4, -0.2) is 36.2 Å². The summed E-state index contributed by atoms with van der Waals surface area (Å²) in [6.07, 6.45) is 2.91. The van der Waals surface area contributed by atoms with Gasteiger partial charge in [-0.3, -0.25) is 20.1 Å². The third-order valence-corrected chi connectivity index (χ3v) is 5.28. The summed E-state index contributed by atoms with van der Waals surface area (Å²) < 4.78 is 6.51. The molecule has 0 aromatic heterocycles. The first-order valence-corrected chi connectivity index (χ1v) is 10.2. The van der Waals surface area contributed by atoms with Crippen molar-refractivity contribution in [2.24, 2.45) is 9.98 Å². The molecule has 2 aromatic carbocycles. The number of rotatable bonds is 5. The average molecular weight is 470 g/mol. The zero-order chi connectivity index (χ0) is 21.8. The number of hydrogen-bond acceptors (Lipinski definition) is 6. The lowest BCUT2D eigenvalue weighted by atomic mass is 9.97. The fourth-order valence-electron chi connectivity index (χ4n) is 3.38. The summed E-state index contributed by atoms with van der Waals surface area (Å²) in [4.78, 5) is 21.9. The lowest BCUT2D eigenvalue weighted by Gasteiger charge is -2.20. The van der Waals surface area contributed by atoms with Crippen molar-refractivity contribution in [1.29, 1.82) is 5.26 Å². The SMILES string of the molecule is CCCOc1cccc([N+](=O)[O-])c1C1=NC(C)C(=NC)N(C#N)c2cccc(Br)c21. The van der Waals surface area contributed by atoms with E-state index in [9.17, 15) is 15.4 Å². The van der Waals surface area contributed by atoms with Crippen molar-refractivity contribution in [2.45, 2.75) is 26.3 Å². The number of nitriles is 1. The number of benzodiazepines with no additional fused rings is 1. The molecule has 154 valence electrons. The van der Waals surface area contributed by atoms with Crippen LogP contribution < -0.4 is 9.64 Å². The average Bonchev–Trinajstić information content (AvgIpc) is 2.85. The number of benzene rings is 2. The number of anilines is 1. The van der Waals surface area contributed by atoms with E-state index in [1.165, 1.54) is 11.0 Å². The third-order valence-electron chi connectivity index (χ3n) is 4.62. The smallest absolute Gasteiger partial charge is 0.282 e. The molecule has 0 bridgehead atoms. The highest BCUT2D eigenvalue weighted by Crippen LogP contribution is 2.39. The molecule has 9 heteroatoms. The van der Waals surface area contributed by atoms with E-state index in [4.69, 9.17) is 9.73 Å². The van der Waals surface area contributed by atoms with Crippen molar-refractivity contribution < 1.29 is 9.66 Å². The standard InChI is InChI=1S/C21H20BrN5O3/c1-4-11-30-17-10-6-9-16(27(28)29)19(17)20-18-14(22)7-5-8-15(18)26(12-23)21(24-3)13(2)25-20/h5-10,13H,4,11H2,1-3H3. The van der Waals surface area contributed by atoms with Crippen molar-refractivity contribution in [3.05, 3.63) is 62.1 Å². The fraction of sp³-hybridized carbons (Fsp3) is 0.286. The zero-order valence-electron chi connectivity index (χ0n) is 16.8. The Balaban J connectivity index is 2.41. The van der Waals surface area contributed by atoms with Gasteiger partial charge in [0, 0.05) is 23.2 Å². The van der Waals surface area contributed by atoms with Gasteiger partial charge in [-0.2, -0.15) is 5.26 Å². The van der Waals surface area contributed by atoms with E-state index in [2.05, 4.69) is 27.1 Å². The Bertz CT molecular complexity index is 1090. The van der Waals surface area contributed by atoms with Gasteiger partial charge in [0.2, 0.25) is 0 Å². The van der Waals surface area contributed by atoms with Crippen LogP contribution in [0.4, 0.5) is 11.4 Å². The summed E-state index contributed by atoms with van der Waals surface area (Å²) in [5, 5.41) is 21.7. The number of halogens is 1.